The summed E-state index contributed by atoms with van der Waals surface area (Å²) in [6, 6.07) is 14.8. The molecule has 0 aliphatic heterocycles. The number of furan rings is 1. The highest BCUT2D eigenvalue weighted by Crippen LogP contribution is 2.22. The zero-order valence-corrected chi connectivity index (χ0v) is 14.1. The van der Waals surface area contributed by atoms with E-state index < -0.39 is 0 Å². The van der Waals surface area contributed by atoms with Crippen LogP contribution in [0.4, 0.5) is 0 Å². The topological polar surface area (TPSA) is 55.6 Å². The highest BCUT2D eigenvalue weighted by Gasteiger charge is 2.21. The van der Waals surface area contributed by atoms with Gasteiger partial charge in [-0.2, -0.15) is 0 Å². The second kappa shape index (κ2) is 8.15. The molecule has 0 spiro atoms. The largest absolute Gasteiger partial charge is 0.493 e. The van der Waals surface area contributed by atoms with Gasteiger partial charge in [-0.25, -0.2) is 0 Å². The molecule has 0 atom stereocenters. The third-order valence-electron chi connectivity index (χ3n) is 3.73. The van der Waals surface area contributed by atoms with Gasteiger partial charge in [0.1, 0.15) is 11.5 Å². The summed E-state index contributed by atoms with van der Waals surface area (Å²) in [6.07, 6.45) is 5.08. The van der Waals surface area contributed by atoms with Crippen LogP contribution < -0.4 is 4.74 Å². The Morgan fingerprint density at radius 3 is 2.72 bits per heavy atom. The number of para-hydroxylation sites is 1. The number of ether oxygens (including phenoxy) is 1. The van der Waals surface area contributed by atoms with Crippen molar-refractivity contribution < 1.29 is 13.9 Å². The van der Waals surface area contributed by atoms with Crippen LogP contribution in [0.3, 0.4) is 0 Å². The Bertz CT molecular complexity index is 801. The van der Waals surface area contributed by atoms with Gasteiger partial charge in [0, 0.05) is 18.9 Å². The van der Waals surface area contributed by atoms with Gasteiger partial charge in [0.25, 0.3) is 5.91 Å². The summed E-state index contributed by atoms with van der Waals surface area (Å²) >= 11 is 0. The molecule has 1 aromatic carbocycles. The monoisotopic (exact) mass is 336 g/mol. The first-order chi connectivity index (χ1) is 12.3. The molecule has 25 heavy (non-hydrogen) atoms. The number of pyridine rings is 1. The third-order valence-corrected chi connectivity index (χ3v) is 3.73. The lowest BCUT2D eigenvalue weighted by molar-refractivity contribution is 0.0713. The fourth-order valence-electron chi connectivity index (χ4n) is 2.60. The number of benzene rings is 1. The molecule has 0 aliphatic rings. The van der Waals surface area contributed by atoms with Crippen LogP contribution in [0.2, 0.25) is 0 Å². The first-order valence-corrected chi connectivity index (χ1v) is 8.20. The maximum absolute atomic E-state index is 13.2. The molecule has 0 saturated heterocycles. The number of amides is 1. The number of carbonyl (C=O) groups is 1. The molecule has 128 valence electrons. The summed E-state index contributed by atoms with van der Waals surface area (Å²) in [5, 5.41) is 0. The van der Waals surface area contributed by atoms with Gasteiger partial charge >= 0.3 is 0 Å². The van der Waals surface area contributed by atoms with Gasteiger partial charge in [0.05, 0.1) is 25.0 Å². The van der Waals surface area contributed by atoms with E-state index in [2.05, 4.69) is 4.98 Å². The van der Waals surface area contributed by atoms with Crippen molar-refractivity contribution in [3.8, 4) is 5.75 Å². The van der Waals surface area contributed by atoms with Crippen molar-refractivity contribution in [2.75, 3.05) is 6.61 Å². The Morgan fingerprint density at radius 2 is 2.00 bits per heavy atom. The first-order valence-electron chi connectivity index (χ1n) is 8.20. The summed E-state index contributed by atoms with van der Waals surface area (Å²) in [7, 11) is 0. The number of hydrogen-bond acceptors (Lipinski definition) is 4. The van der Waals surface area contributed by atoms with Crippen LogP contribution in [-0.4, -0.2) is 22.4 Å². The van der Waals surface area contributed by atoms with Crippen molar-refractivity contribution in [2.45, 2.75) is 20.0 Å². The number of aromatic nitrogens is 1. The summed E-state index contributed by atoms with van der Waals surface area (Å²) in [5.74, 6) is 1.21. The van der Waals surface area contributed by atoms with Crippen LogP contribution in [0.25, 0.3) is 0 Å². The van der Waals surface area contributed by atoms with Crippen molar-refractivity contribution in [1.82, 2.24) is 9.88 Å². The minimum atomic E-state index is -0.107. The van der Waals surface area contributed by atoms with Crippen molar-refractivity contribution in [3.05, 3.63) is 84.1 Å². The van der Waals surface area contributed by atoms with Crippen LogP contribution in [0, 0.1) is 0 Å². The van der Waals surface area contributed by atoms with Crippen molar-refractivity contribution >= 4 is 5.91 Å². The zero-order chi connectivity index (χ0) is 17.5. The summed E-state index contributed by atoms with van der Waals surface area (Å²) in [6.45, 7) is 3.22. The van der Waals surface area contributed by atoms with Gasteiger partial charge in [0.15, 0.2) is 0 Å². The third kappa shape index (κ3) is 4.26. The van der Waals surface area contributed by atoms with Gasteiger partial charge in [-0.15, -0.1) is 0 Å². The minimum absolute atomic E-state index is 0.107. The van der Waals surface area contributed by atoms with Gasteiger partial charge in [0.2, 0.25) is 0 Å². The summed E-state index contributed by atoms with van der Waals surface area (Å²) < 4.78 is 11.0. The van der Waals surface area contributed by atoms with Gasteiger partial charge in [-0.3, -0.25) is 9.78 Å². The molecule has 5 nitrogen and oxygen atoms in total. The Kier molecular flexibility index (Phi) is 5.46. The zero-order valence-electron chi connectivity index (χ0n) is 14.1. The number of rotatable bonds is 7. The Labute approximate surface area is 146 Å². The Balaban J connectivity index is 1.89. The molecule has 2 heterocycles. The van der Waals surface area contributed by atoms with E-state index in [4.69, 9.17) is 9.15 Å². The average Bonchev–Trinajstić information content (AvgIpc) is 3.15. The van der Waals surface area contributed by atoms with Crippen LogP contribution in [-0.2, 0) is 13.1 Å². The van der Waals surface area contributed by atoms with Gasteiger partial charge in [-0.05, 0) is 42.8 Å². The predicted molar refractivity (Wildman–Crippen MR) is 94.1 cm³/mol. The SMILES string of the molecule is CCOc1ccccc1C(=O)N(Cc1cccnc1)Cc1ccco1. The molecule has 3 rings (SSSR count). The van der Waals surface area contributed by atoms with Crippen LogP contribution in [0.1, 0.15) is 28.6 Å². The van der Waals surface area contributed by atoms with Gasteiger partial charge in [-0.1, -0.05) is 18.2 Å². The van der Waals surface area contributed by atoms with Crippen molar-refractivity contribution in [1.29, 1.82) is 0 Å². The molecular formula is C20H20N2O3. The number of nitrogens with zero attached hydrogens (tertiary/aromatic N) is 2. The molecule has 0 aliphatic carbocycles. The number of carbonyl (C=O) groups excluding carboxylic acids is 1. The van der Waals surface area contributed by atoms with E-state index in [1.54, 1.807) is 29.6 Å². The molecule has 0 unspecified atom stereocenters. The van der Waals surface area contributed by atoms with E-state index in [0.29, 0.717) is 31.0 Å². The van der Waals surface area contributed by atoms with Crippen molar-refractivity contribution in [2.24, 2.45) is 0 Å². The normalized spacial score (nSPS) is 10.4. The second-order valence-corrected chi connectivity index (χ2v) is 5.53. The molecular weight excluding hydrogens is 316 g/mol. The highest BCUT2D eigenvalue weighted by atomic mass is 16.5. The molecule has 0 saturated carbocycles. The lowest BCUT2D eigenvalue weighted by Crippen LogP contribution is -2.30. The molecule has 0 radical (unpaired) electrons. The first kappa shape index (κ1) is 16.8. The smallest absolute Gasteiger partial charge is 0.258 e. The molecule has 3 aromatic rings. The Hall–Kier alpha value is -3.08. The molecule has 5 heteroatoms. The quantitative estimate of drug-likeness (QED) is 0.656. The van der Waals surface area contributed by atoms with Crippen LogP contribution in [0.5, 0.6) is 5.75 Å². The maximum Gasteiger partial charge on any atom is 0.258 e. The average molecular weight is 336 g/mol. The van der Waals surface area contributed by atoms with E-state index in [1.807, 2.05) is 49.4 Å². The molecule has 0 fully saturated rings. The number of hydrogen-bond donors (Lipinski definition) is 0. The van der Waals surface area contributed by atoms with Crippen LogP contribution >= 0.6 is 0 Å². The molecule has 0 bridgehead atoms. The van der Waals surface area contributed by atoms with Crippen LogP contribution in [0.15, 0.2) is 71.6 Å². The molecule has 1 amide bonds. The van der Waals surface area contributed by atoms with Crippen molar-refractivity contribution in [3.63, 3.8) is 0 Å². The highest BCUT2D eigenvalue weighted by molar-refractivity contribution is 5.96. The summed E-state index contributed by atoms with van der Waals surface area (Å²) in [5.41, 5.74) is 1.50. The van der Waals surface area contributed by atoms with E-state index >= 15 is 0 Å². The maximum atomic E-state index is 13.2. The lowest BCUT2D eigenvalue weighted by atomic mass is 10.1. The summed E-state index contributed by atoms with van der Waals surface area (Å²) in [4.78, 5) is 19.0. The van der Waals surface area contributed by atoms with E-state index in [9.17, 15) is 4.79 Å². The fraction of sp³-hybridized carbons (Fsp3) is 0.200. The predicted octanol–water partition coefficient (Wildman–Crippen LogP) is 3.92. The minimum Gasteiger partial charge on any atom is -0.493 e. The molecule has 0 N–H and O–H groups in total. The van der Waals surface area contributed by atoms with E-state index in [0.717, 1.165) is 11.3 Å². The lowest BCUT2D eigenvalue weighted by Gasteiger charge is -2.23. The van der Waals surface area contributed by atoms with E-state index in [-0.39, 0.29) is 5.91 Å². The van der Waals surface area contributed by atoms with Gasteiger partial charge < -0.3 is 14.1 Å². The Morgan fingerprint density at radius 1 is 1.12 bits per heavy atom. The second-order valence-electron chi connectivity index (χ2n) is 5.53. The fourth-order valence-corrected chi connectivity index (χ4v) is 2.60. The molecule has 2 aromatic heterocycles. The standard InChI is InChI=1S/C20H20N2O3/c1-2-24-19-10-4-3-9-18(19)20(23)22(15-17-8-6-12-25-17)14-16-7-5-11-21-13-16/h3-13H,2,14-15H2,1H3. The van der Waals surface area contributed by atoms with E-state index in [1.165, 1.54) is 0 Å².